The summed E-state index contributed by atoms with van der Waals surface area (Å²) < 4.78 is 24.5. The van der Waals surface area contributed by atoms with E-state index in [4.69, 9.17) is 0 Å². The van der Waals surface area contributed by atoms with Gasteiger partial charge in [-0.05, 0) is 37.4 Å². The van der Waals surface area contributed by atoms with E-state index in [1.807, 2.05) is 29.2 Å². The third-order valence-electron chi connectivity index (χ3n) is 4.85. The van der Waals surface area contributed by atoms with Crippen LogP contribution in [0.25, 0.3) is 0 Å². The third kappa shape index (κ3) is 4.34. The van der Waals surface area contributed by atoms with Crippen molar-refractivity contribution in [3.05, 3.63) is 29.8 Å². The molecule has 1 atom stereocenters. The van der Waals surface area contributed by atoms with Gasteiger partial charge in [0.1, 0.15) is 0 Å². The number of carbonyl (C=O) groups excluding carboxylic acids is 2. The summed E-state index contributed by atoms with van der Waals surface area (Å²) in [5.74, 6) is -0.645. The van der Waals surface area contributed by atoms with Gasteiger partial charge in [-0.15, -0.1) is 0 Å². The molecule has 25 heavy (non-hydrogen) atoms. The maximum atomic E-state index is 12.7. The van der Waals surface area contributed by atoms with Crippen LogP contribution in [0.5, 0.6) is 0 Å². The molecule has 5 nitrogen and oxygen atoms in total. The monoisotopic (exact) mass is 351 g/mol. The third-order valence-corrected chi connectivity index (χ3v) is 4.85. The second-order valence-corrected chi connectivity index (χ2v) is 6.63. The average Bonchev–Trinajstić information content (AvgIpc) is 3.04. The van der Waals surface area contributed by atoms with Crippen LogP contribution in [0.4, 0.5) is 14.5 Å². The predicted molar refractivity (Wildman–Crippen MR) is 90.7 cm³/mol. The van der Waals surface area contributed by atoms with Crippen molar-refractivity contribution in [2.45, 2.75) is 25.7 Å². The van der Waals surface area contributed by atoms with E-state index in [-0.39, 0.29) is 24.3 Å². The van der Waals surface area contributed by atoms with E-state index in [2.05, 4.69) is 5.32 Å². The number of amides is 2. The number of likely N-dealkylation sites (tertiary alicyclic amines) is 1. The molecule has 1 N–H and O–H groups in total. The van der Waals surface area contributed by atoms with E-state index in [0.29, 0.717) is 19.5 Å². The number of rotatable bonds is 5. The van der Waals surface area contributed by atoms with Crippen LogP contribution < -0.4 is 10.2 Å². The first kappa shape index (κ1) is 17.8. The molecule has 0 saturated carbocycles. The minimum atomic E-state index is -2.54. The highest BCUT2D eigenvalue weighted by atomic mass is 19.3. The quantitative estimate of drug-likeness (QED) is 0.878. The second kappa shape index (κ2) is 7.91. The van der Waals surface area contributed by atoms with E-state index in [9.17, 15) is 18.4 Å². The Morgan fingerprint density at radius 1 is 1.24 bits per heavy atom. The molecule has 1 aromatic carbocycles. The molecule has 0 spiro atoms. The fourth-order valence-electron chi connectivity index (χ4n) is 3.61. The Hall–Kier alpha value is -2.02. The summed E-state index contributed by atoms with van der Waals surface area (Å²) in [6, 6.07) is 7.89. The smallest absolute Gasteiger partial charge is 0.255 e. The van der Waals surface area contributed by atoms with Crippen LogP contribution >= 0.6 is 0 Å². The Bertz CT molecular complexity index is 639. The number of hydrogen-bond donors (Lipinski definition) is 1. The molecule has 136 valence electrons. The number of para-hydroxylation sites is 1. The lowest BCUT2D eigenvalue weighted by molar-refractivity contribution is -0.128. The number of fused-ring (bicyclic) bond motifs is 1. The van der Waals surface area contributed by atoms with Gasteiger partial charge in [-0.3, -0.25) is 14.5 Å². The van der Waals surface area contributed by atoms with Crippen molar-refractivity contribution in [2.75, 3.05) is 37.6 Å². The van der Waals surface area contributed by atoms with Gasteiger partial charge >= 0.3 is 0 Å². The summed E-state index contributed by atoms with van der Waals surface area (Å²) in [4.78, 5) is 28.4. The molecule has 3 rings (SSSR count). The summed E-state index contributed by atoms with van der Waals surface area (Å²) in [6.07, 6.45) is -0.218. The highest BCUT2D eigenvalue weighted by molar-refractivity contribution is 5.96. The molecule has 7 heteroatoms. The number of anilines is 1. The van der Waals surface area contributed by atoms with Crippen molar-refractivity contribution in [2.24, 2.45) is 5.92 Å². The van der Waals surface area contributed by atoms with Crippen LogP contribution in [0.1, 0.15) is 18.4 Å². The van der Waals surface area contributed by atoms with E-state index < -0.39 is 13.0 Å². The topological polar surface area (TPSA) is 52.7 Å². The van der Waals surface area contributed by atoms with Gasteiger partial charge in [0.2, 0.25) is 11.8 Å². The molecule has 1 unspecified atom stereocenters. The largest absolute Gasteiger partial charge is 0.350 e. The Kier molecular flexibility index (Phi) is 5.63. The lowest BCUT2D eigenvalue weighted by Crippen LogP contribution is -2.47. The number of nitrogens with one attached hydrogen (secondary N) is 1. The van der Waals surface area contributed by atoms with Gasteiger partial charge in [-0.1, -0.05) is 18.2 Å². The van der Waals surface area contributed by atoms with Crippen molar-refractivity contribution in [1.82, 2.24) is 10.2 Å². The van der Waals surface area contributed by atoms with E-state index >= 15 is 0 Å². The van der Waals surface area contributed by atoms with Crippen LogP contribution in [0, 0.1) is 5.92 Å². The first-order valence-corrected chi connectivity index (χ1v) is 8.71. The fraction of sp³-hybridized carbons (Fsp3) is 0.556. The number of piperidine rings is 1. The van der Waals surface area contributed by atoms with E-state index in [0.717, 1.165) is 25.1 Å². The molecule has 2 amide bonds. The zero-order valence-corrected chi connectivity index (χ0v) is 14.1. The molecule has 1 saturated heterocycles. The van der Waals surface area contributed by atoms with Crippen molar-refractivity contribution in [1.29, 1.82) is 0 Å². The molecular weight excluding hydrogens is 328 g/mol. The predicted octanol–water partition coefficient (Wildman–Crippen LogP) is 1.67. The van der Waals surface area contributed by atoms with Gasteiger partial charge in [0.15, 0.2) is 0 Å². The molecular formula is C18H23F2N3O2. The summed E-state index contributed by atoms with van der Waals surface area (Å²) in [6.45, 7) is 1.52. The molecule has 0 radical (unpaired) electrons. The van der Waals surface area contributed by atoms with Gasteiger partial charge in [0.05, 0.1) is 19.0 Å². The fourth-order valence-corrected chi connectivity index (χ4v) is 3.61. The average molecular weight is 351 g/mol. The van der Waals surface area contributed by atoms with Gasteiger partial charge in [-0.2, -0.15) is 0 Å². The summed E-state index contributed by atoms with van der Waals surface area (Å²) in [7, 11) is 0. The van der Waals surface area contributed by atoms with Crippen LogP contribution in [0.15, 0.2) is 24.3 Å². The summed E-state index contributed by atoms with van der Waals surface area (Å²) >= 11 is 0. The summed E-state index contributed by atoms with van der Waals surface area (Å²) in [5, 5.41) is 2.28. The van der Waals surface area contributed by atoms with Crippen LogP contribution in [-0.2, 0) is 16.0 Å². The molecule has 0 aromatic heterocycles. The number of nitrogens with zero attached hydrogens (tertiary/aromatic N) is 2. The Morgan fingerprint density at radius 2 is 2.04 bits per heavy atom. The second-order valence-electron chi connectivity index (χ2n) is 6.63. The minimum absolute atomic E-state index is 0.0265. The molecule has 2 aliphatic heterocycles. The van der Waals surface area contributed by atoms with E-state index in [1.165, 1.54) is 5.56 Å². The highest BCUT2D eigenvalue weighted by Crippen LogP contribution is 2.27. The SMILES string of the molecule is O=C(NCC(F)F)C1CCCN(CC(=O)N2CCc3ccccc32)C1. The number of alkyl halides is 2. The maximum absolute atomic E-state index is 12.7. The standard InChI is InChI=1S/C18H23F2N3O2/c19-16(20)10-21-18(25)14-5-3-8-22(11-14)12-17(24)23-9-7-13-4-1-2-6-15(13)23/h1-2,4,6,14,16H,3,5,7-12H2,(H,21,25). The molecule has 2 aliphatic rings. The molecule has 0 bridgehead atoms. The van der Waals surface area contributed by atoms with Gasteiger partial charge < -0.3 is 10.2 Å². The maximum Gasteiger partial charge on any atom is 0.255 e. The van der Waals surface area contributed by atoms with Crippen molar-refractivity contribution in [3.63, 3.8) is 0 Å². The minimum Gasteiger partial charge on any atom is -0.350 e. The molecule has 0 aliphatic carbocycles. The van der Waals surface area contributed by atoms with Gasteiger partial charge in [-0.25, -0.2) is 8.78 Å². The number of hydrogen-bond acceptors (Lipinski definition) is 3. The Labute approximate surface area is 146 Å². The van der Waals surface area contributed by atoms with Crippen molar-refractivity contribution < 1.29 is 18.4 Å². The zero-order valence-electron chi connectivity index (χ0n) is 14.1. The van der Waals surface area contributed by atoms with Crippen molar-refractivity contribution >= 4 is 17.5 Å². The molecule has 1 aromatic rings. The lowest BCUT2D eigenvalue weighted by Gasteiger charge is -2.32. The van der Waals surface area contributed by atoms with Crippen LogP contribution in [0.3, 0.4) is 0 Å². The lowest BCUT2D eigenvalue weighted by atomic mass is 9.97. The van der Waals surface area contributed by atoms with Crippen molar-refractivity contribution in [3.8, 4) is 0 Å². The zero-order chi connectivity index (χ0) is 17.8. The first-order chi connectivity index (χ1) is 12.0. The van der Waals surface area contributed by atoms with Gasteiger partial charge in [0.25, 0.3) is 6.43 Å². The number of halogens is 2. The van der Waals surface area contributed by atoms with E-state index in [1.54, 1.807) is 4.90 Å². The first-order valence-electron chi connectivity index (χ1n) is 8.71. The summed E-state index contributed by atoms with van der Waals surface area (Å²) in [5.41, 5.74) is 2.15. The molecule has 2 heterocycles. The Balaban J connectivity index is 1.54. The normalized spacial score (nSPS) is 20.6. The highest BCUT2D eigenvalue weighted by Gasteiger charge is 2.30. The number of benzene rings is 1. The van der Waals surface area contributed by atoms with Crippen LogP contribution in [0.2, 0.25) is 0 Å². The van der Waals surface area contributed by atoms with Crippen LogP contribution in [-0.4, -0.2) is 55.9 Å². The molecule has 1 fully saturated rings. The Morgan fingerprint density at radius 3 is 2.84 bits per heavy atom. The number of carbonyl (C=O) groups is 2. The van der Waals surface area contributed by atoms with Gasteiger partial charge in [0, 0.05) is 18.8 Å².